The molecular weight excluding hydrogens is 121 g/mol. The summed E-state index contributed by atoms with van der Waals surface area (Å²) >= 11 is 0. The highest BCUT2D eigenvalue weighted by Gasteiger charge is 2.08. The zero-order chi connectivity index (χ0) is 6.57. The van der Waals surface area contributed by atoms with Crippen LogP contribution >= 0.6 is 0 Å². The van der Waals surface area contributed by atoms with E-state index in [0.29, 0.717) is 0 Å². The first-order chi connectivity index (χ1) is 3.66. The van der Waals surface area contributed by atoms with E-state index < -0.39 is 19.4 Å². The van der Waals surface area contributed by atoms with Crippen molar-refractivity contribution in [3.8, 4) is 0 Å². The molecule has 50 valence electrons. The Morgan fingerprint density at radius 3 is 2.12 bits per heavy atom. The zero-order valence-corrected chi connectivity index (χ0v) is 4.40. The van der Waals surface area contributed by atoms with Crippen LogP contribution < -0.4 is 0 Å². The van der Waals surface area contributed by atoms with Gasteiger partial charge in [0, 0.05) is 0 Å². The Morgan fingerprint density at radius 1 is 1.50 bits per heavy atom. The molecule has 8 heavy (non-hydrogen) atoms. The van der Waals surface area contributed by atoms with Gasteiger partial charge in [0.25, 0.3) is 0 Å². The van der Waals surface area contributed by atoms with Gasteiger partial charge in [-0.2, -0.15) is 0 Å². The van der Waals surface area contributed by atoms with Crippen LogP contribution in [0.3, 0.4) is 0 Å². The minimum Gasteiger partial charge on any atom is -0.312 e. The van der Waals surface area contributed by atoms with Crippen molar-refractivity contribution in [2.75, 3.05) is 6.67 Å². The fourth-order valence-corrected chi connectivity index (χ4v) is 0.240. The summed E-state index contributed by atoms with van der Waals surface area (Å²) in [5.74, 6) is 0. The van der Waals surface area contributed by atoms with E-state index in [0.717, 1.165) is 6.92 Å². The van der Waals surface area contributed by atoms with Crippen molar-refractivity contribution in [3.05, 3.63) is 0 Å². The van der Waals surface area contributed by atoms with E-state index in [1.54, 1.807) is 0 Å². The highest BCUT2D eigenvalue weighted by atomic mass is 19.2. The molecule has 0 aliphatic heterocycles. The number of hydrogen-bond donors (Lipinski definition) is 0. The molecule has 0 radical (unpaired) electrons. The van der Waals surface area contributed by atoms with Crippen molar-refractivity contribution in [3.63, 3.8) is 0 Å². The Kier molecular flexibility index (Phi) is 3.60. The van der Waals surface area contributed by atoms with Gasteiger partial charge >= 0.3 is 0 Å². The van der Waals surface area contributed by atoms with E-state index >= 15 is 0 Å². The number of hydrogen-bond acceptors (Lipinski definition) is 1. The molecule has 0 saturated heterocycles. The third kappa shape index (κ3) is 3.92. The van der Waals surface area contributed by atoms with Gasteiger partial charge in [0.15, 0.2) is 6.36 Å². The highest BCUT2D eigenvalue weighted by Crippen LogP contribution is 2.00. The standard InChI is InChI=1S/C4H7F3O/c1-3(6)8-4(7)2-5/h3-4H,2H2,1H3. The molecule has 0 aliphatic rings. The number of alkyl halides is 3. The Morgan fingerprint density at radius 2 is 2.00 bits per heavy atom. The lowest BCUT2D eigenvalue weighted by atomic mass is 10.7. The van der Waals surface area contributed by atoms with Gasteiger partial charge in [0.05, 0.1) is 0 Å². The lowest BCUT2D eigenvalue weighted by Gasteiger charge is -2.04. The largest absolute Gasteiger partial charge is 0.312 e. The predicted octanol–water partition coefficient (Wildman–Crippen LogP) is 1.58. The molecule has 0 spiro atoms. The molecule has 0 N–H and O–H groups in total. The molecule has 0 bridgehead atoms. The molecule has 0 saturated carbocycles. The summed E-state index contributed by atoms with van der Waals surface area (Å²) in [5, 5.41) is 0. The van der Waals surface area contributed by atoms with Crippen LogP contribution in [0.15, 0.2) is 0 Å². The monoisotopic (exact) mass is 128 g/mol. The second-order valence-electron chi connectivity index (χ2n) is 1.24. The van der Waals surface area contributed by atoms with Gasteiger partial charge < -0.3 is 4.74 Å². The van der Waals surface area contributed by atoms with Crippen LogP contribution in [0.25, 0.3) is 0 Å². The van der Waals surface area contributed by atoms with E-state index in [9.17, 15) is 13.2 Å². The van der Waals surface area contributed by atoms with Gasteiger partial charge in [0.2, 0.25) is 6.36 Å². The Labute approximate surface area is 45.4 Å². The highest BCUT2D eigenvalue weighted by molar-refractivity contribution is 4.34. The van der Waals surface area contributed by atoms with Gasteiger partial charge in [-0.05, 0) is 6.92 Å². The van der Waals surface area contributed by atoms with E-state index in [-0.39, 0.29) is 0 Å². The Balaban J connectivity index is 3.10. The summed E-state index contributed by atoms with van der Waals surface area (Å²) in [5.41, 5.74) is 0. The number of ether oxygens (including phenoxy) is 1. The molecule has 1 nitrogen and oxygen atoms in total. The second-order valence-corrected chi connectivity index (χ2v) is 1.24. The van der Waals surface area contributed by atoms with Crippen LogP contribution in [-0.4, -0.2) is 19.4 Å². The van der Waals surface area contributed by atoms with Gasteiger partial charge in [-0.25, -0.2) is 13.2 Å². The normalized spacial score (nSPS) is 18.0. The van der Waals surface area contributed by atoms with Crippen LogP contribution in [-0.2, 0) is 4.74 Å². The van der Waals surface area contributed by atoms with Gasteiger partial charge in [0.1, 0.15) is 6.67 Å². The minimum atomic E-state index is -2.12. The summed E-state index contributed by atoms with van der Waals surface area (Å²) in [7, 11) is 0. The molecule has 0 aromatic heterocycles. The summed E-state index contributed by atoms with van der Waals surface area (Å²) in [4.78, 5) is 0. The van der Waals surface area contributed by atoms with Gasteiger partial charge in [-0.1, -0.05) is 0 Å². The van der Waals surface area contributed by atoms with Crippen molar-refractivity contribution in [1.82, 2.24) is 0 Å². The smallest absolute Gasteiger partial charge is 0.230 e. The fraction of sp³-hybridized carbons (Fsp3) is 1.00. The fourth-order valence-electron chi connectivity index (χ4n) is 0.240. The molecule has 2 unspecified atom stereocenters. The van der Waals surface area contributed by atoms with E-state index in [1.807, 2.05) is 0 Å². The lowest BCUT2D eigenvalue weighted by Crippen LogP contribution is -2.13. The average molecular weight is 128 g/mol. The van der Waals surface area contributed by atoms with Crippen molar-refractivity contribution >= 4 is 0 Å². The van der Waals surface area contributed by atoms with Crippen LogP contribution in [0.4, 0.5) is 13.2 Å². The summed E-state index contributed by atoms with van der Waals surface area (Å²) in [6.07, 6.45) is -3.85. The Bertz CT molecular complexity index is 57.2. The molecular formula is C4H7F3O. The van der Waals surface area contributed by atoms with Crippen molar-refractivity contribution in [2.45, 2.75) is 19.6 Å². The molecule has 0 aromatic rings. The molecule has 0 rings (SSSR count). The molecule has 4 heteroatoms. The maximum atomic E-state index is 11.5. The van der Waals surface area contributed by atoms with E-state index in [2.05, 4.69) is 4.74 Å². The third-order valence-corrected chi connectivity index (χ3v) is 0.456. The zero-order valence-electron chi connectivity index (χ0n) is 4.40. The van der Waals surface area contributed by atoms with Crippen LogP contribution in [0.2, 0.25) is 0 Å². The molecule has 0 aliphatic carbocycles. The predicted molar refractivity (Wildman–Crippen MR) is 22.5 cm³/mol. The number of rotatable bonds is 3. The maximum Gasteiger partial charge on any atom is 0.230 e. The SMILES string of the molecule is CC(F)OC(F)CF. The average Bonchev–Trinajstić information content (AvgIpc) is 1.65. The molecule has 0 aromatic carbocycles. The van der Waals surface area contributed by atoms with Crippen LogP contribution in [0.1, 0.15) is 6.92 Å². The molecule has 0 fully saturated rings. The quantitative estimate of drug-likeness (QED) is 0.560. The van der Waals surface area contributed by atoms with Crippen molar-refractivity contribution in [1.29, 1.82) is 0 Å². The molecule has 0 heterocycles. The topological polar surface area (TPSA) is 9.23 Å². The van der Waals surface area contributed by atoms with Gasteiger partial charge in [-0.3, -0.25) is 0 Å². The van der Waals surface area contributed by atoms with E-state index in [1.165, 1.54) is 0 Å². The Hall–Kier alpha value is -0.250. The van der Waals surface area contributed by atoms with Crippen molar-refractivity contribution in [2.24, 2.45) is 0 Å². The summed E-state index contributed by atoms with van der Waals surface area (Å²) in [6, 6.07) is 0. The van der Waals surface area contributed by atoms with Crippen LogP contribution in [0.5, 0.6) is 0 Å². The molecule has 0 amide bonds. The third-order valence-electron chi connectivity index (χ3n) is 0.456. The maximum absolute atomic E-state index is 11.5. The first-order valence-electron chi connectivity index (χ1n) is 2.16. The van der Waals surface area contributed by atoms with Gasteiger partial charge in [-0.15, -0.1) is 0 Å². The summed E-state index contributed by atoms with van der Waals surface area (Å²) in [6.45, 7) is -0.309. The first kappa shape index (κ1) is 7.75. The van der Waals surface area contributed by atoms with E-state index in [4.69, 9.17) is 0 Å². The second kappa shape index (κ2) is 3.72. The van der Waals surface area contributed by atoms with Crippen LogP contribution in [0, 0.1) is 0 Å². The lowest BCUT2D eigenvalue weighted by molar-refractivity contribution is -0.136. The van der Waals surface area contributed by atoms with Crippen molar-refractivity contribution < 1.29 is 17.9 Å². The minimum absolute atomic E-state index is 0.988. The molecule has 2 atom stereocenters. The first-order valence-corrected chi connectivity index (χ1v) is 2.16. The summed E-state index contributed by atoms with van der Waals surface area (Å²) < 4.78 is 37.8. The number of halogens is 3.